The third-order valence-corrected chi connectivity index (χ3v) is 2.42. The number of nitrogens with one attached hydrogen (secondary N) is 1. The number of piperazine rings is 1. The van der Waals surface area contributed by atoms with E-state index in [-0.39, 0.29) is 6.09 Å². The molecule has 94 valence electrons. The molecule has 1 aliphatic heterocycles. The molecule has 1 aliphatic rings. The van der Waals surface area contributed by atoms with E-state index in [1.807, 2.05) is 20.8 Å². The molecule has 3 N–H and O–H groups in total. The molecule has 0 radical (unpaired) electrons. The quantitative estimate of drug-likeness (QED) is 0.725. The zero-order valence-electron chi connectivity index (χ0n) is 10.5. The topological polar surface area (TPSA) is 67.6 Å². The Morgan fingerprint density at radius 2 is 2.25 bits per heavy atom. The number of rotatable bonds is 2. The number of hydrogen-bond donors (Lipinski definition) is 2. The molecule has 1 fully saturated rings. The van der Waals surface area contributed by atoms with Crippen molar-refractivity contribution in [2.75, 3.05) is 26.2 Å². The summed E-state index contributed by atoms with van der Waals surface area (Å²) in [5, 5.41) is 3.34. The van der Waals surface area contributed by atoms with Gasteiger partial charge in [-0.15, -0.1) is 0 Å². The van der Waals surface area contributed by atoms with Crippen LogP contribution in [0.25, 0.3) is 0 Å². The Morgan fingerprint density at radius 1 is 1.56 bits per heavy atom. The molecule has 1 saturated heterocycles. The first-order valence-electron chi connectivity index (χ1n) is 5.84. The molecule has 0 spiro atoms. The van der Waals surface area contributed by atoms with E-state index < -0.39 is 5.60 Å². The van der Waals surface area contributed by atoms with Crippen molar-refractivity contribution in [1.29, 1.82) is 0 Å². The fourth-order valence-electron chi connectivity index (χ4n) is 1.71. The zero-order valence-corrected chi connectivity index (χ0v) is 10.5. The summed E-state index contributed by atoms with van der Waals surface area (Å²) in [6.07, 6.45) is 0.662. The molecule has 5 nitrogen and oxygen atoms in total. The van der Waals surface area contributed by atoms with Crippen LogP contribution in [0, 0.1) is 0 Å². The van der Waals surface area contributed by atoms with Gasteiger partial charge in [-0.05, 0) is 33.7 Å². The summed E-state index contributed by atoms with van der Waals surface area (Å²) in [5.74, 6) is 0. The van der Waals surface area contributed by atoms with E-state index in [0.717, 1.165) is 13.0 Å². The van der Waals surface area contributed by atoms with Gasteiger partial charge in [-0.3, -0.25) is 0 Å². The normalized spacial score (nSPS) is 22.0. The van der Waals surface area contributed by atoms with E-state index in [2.05, 4.69) is 5.32 Å². The van der Waals surface area contributed by atoms with Gasteiger partial charge >= 0.3 is 6.09 Å². The van der Waals surface area contributed by atoms with Crippen molar-refractivity contribution in [2.45, 2.75) is 38.8 Å². The first kappa shape index (κ1) is 13.3. The summed E-state index contributed by atoms with van der Waals surface area (Å²) in [6, 6.07) is 0.297. The summed E-state index contributed by atoms with van der Waals surface area (Å²) < 4.78 is 5.33. The molecule has 0 aromatic rings. The average Bonchev–Trinajstić information content (AvgIpc) is 2.16. The van der Waals surface area contributed by atoms with Crippen LogP contribution in [0.1, 0.15) is 27.2 Å². The van der Waals surface area contributed by atoms with Crippen LogP contribution in [-0.4, -0.2) is 48.8 Å². The van der Waals surface area contributed by atoms with Gasteiger partial charge in [0, 0.05) is 25.7 Å². The Hall–Kier alpha value is -0.810. The van der Waals surface area contributed by atoms with Crippen LogP contribution in [0.3, 0.4) is 0 Å². The fourth-order valence-corrected chi connectivity index (χ4v) is 1.71. The van der Waals surface area contributed by atoms with E-state index in [9.17, 15) is 4.79 Å². The summed E-state index contributed by atoms with van der Waals surface area (Å²) >= 11 is 0. The van der Waals surface area contributed by atoms with E-state index >= 15 is 0 Å². The second kappa shape index (κ2) is 5.50. The van der Waals surface area contributed by atoms with Crippen molar-refractivity contribution >= 4 is 6.09 Å². The lowest BCUT2D eigenvalue weighted by Crippen LogP contribution is -2.54. The van der Waals surface area contributed by atoms with Crippen LogP contribution in [0.5, 0.6) is 0 Å². The summed E-state index contributed by atoms with van der Waals surface area (Å²) in [5.41, 5.74) is 5.08. The van der Waals surface area contributed by atoms with Crippen molar-refractivity contribution in [2.24, 2.45) is 5.73 Å². The van der Waals surface area contributed by atoms with Crippen LogP contribution < -0.4 is 11.1 Å². The molecule has 0 bridgehead atoms. The summed E-state index contributed by atoms with van der Waals surface area (Å²) in [7, 11) is 0. The average molecular weight is 229 g/mol. The largest absolute Gasteiger partial charge is 0.444 e. The van der Waals surface area contributed by atoms with Gasteiger partial charge in [0.25, 0.3) is 0 Å². The zero-order chi connectivity index (χ0) is 12.2. The Morgan fingerprint density at radius 3 is 2.81 bits per heavy atom. The first-order valence-corrected chi connectivity index (χ1v) is 5.84. The van der Waals surface area contributed by atoms with Gasteiger partial charge in [-0.1, -0.05) is 0 Å². The van der Waals surface area contributed by atoms with Gasteiger partial charge in [-0.25, -0.2) is 4.79 Å². The van der Waals surface area contributed by atoms with E-state index in [1.165, 1.54) is 0 Å². The molecule has 1 unspecified atom stereocenters. The molecular weight excluding hydrogens is 206 g/mol. The summed E-state index contributed by atoms with van der Waals surface area (Å²) in [6.45, 7) is 8.48. The lowest BCUT2D eigenvalue weighted by Gasteiger charge is -2.34. The molecule has 5 heteroatoms. The van der Waals surface area contributed by atoms with E-state index in [1.54, 1.807) is 4.90 Å². The molecule has 0 aromatic carbocycles. The lowest BCUT2D eigenvalue weighted by molar-refractivity contribution is 0.0193. The molecule has 0 saturated carbocycles. The number of carbonyl (C=O) groups is 1. The SMILES string of the molecule is CC(C)(C)OC(=O)N1CCNC(CCN)C1. The molecule has 0 aromatic heterocycles. The molecule has 1 rings (SSSR count). The highest BCUT2D eigenvalue weighted by Gasteiger charge is 2.26. The van der Waals surface area contributed by atoms with Gasteiger partial charge in [-0.2, -0.15) is 0 Å². The van der Waals surface area contributed by atoms with Crippen molar-refractivity contribution < 1.29 is 9.53 Å². The predicted octanol–water partition coefficient (Wildman–Crippen LogP) is 0.544. The second-order valence-electron chi connectivity index (χ2n) is 5.15. The number of hydrogen-bond acceptors (Lipinski definition) is 4. The highest BCUT2D eigenvalue weighted by molar-refractivity contribution is 5.68. The number of nitrogens with zero attached hydrogens (tertiary/aromatic N) is 1. The van der Waals surface area contributed by atoms with Gasteiger partial charge < -0.3 is 20.7 Å². The van der Waals surface area contributed by atoms with Crippen LogP contribution in [0.4, 0.5) is 4.79 Å². The van der Waals surface area contributed by atoms with Gasteiger partial charge in [0.1, 0.15) is 5.60 Å². The first-order chi connectivity index (χ1) is 7.42. The van der Waals surface area contributed by atoms with Crippen molar-refractivity contribution in [1.82, 2.24) is 10.2 Å². The van der Waals surface area contributed by atoms with Gasteiger partial charge in [0.05, 0.1) is 0 Å². The number of nitrogens with two attached hydrogens (primary N) is 1. The molecule has 16 heavy (non-hydrogen) atoms. The van der Waals surface area contributed by atoms with E-state index in [0.29, 0.717) is 25.7 Å². The van der Waals surface area contributed by atoms with Crippen LogP contribution in [0.15, 0.2) is 0 Å². The third-order valence-electron chi connectivity index (χ3n) is 2.42. The number of ether oxygens (including phenoxy) is 1. The van der Waals surface area contributed by atoms with Crippen LogP contribution in [-0.2, 0) is 4.74 Å². The standard InChI is InChI=1S/C11H23N3O2/c1-11(2,3)16-10(15)14-7-6-13-9(8-14)4-5-12/h9,13H,4-8,12H2,1-3H3. The highest BCUT2D eigenvalue weighted by Crippen LogP contribution is 2.11. The molecule has 1 amide bonds. The van der Waals surface area contributed by atoms with Crippen molar-refractivity contribution in [3.05, 3.63) is 0 Å². The Labute approximate surface area is 97.3 Å². The predicted molar refractivity (Wildman–Crippen MR) is 63.3 cm³/mol. The van der Waals surface area contributed by atoms with E-state index in [4.69, 9.17) is 10.5 Å². The van der Waals surface area contributed by atoms with Gasteiger partial charge in [0.15, 0.2) is 0 Å². The fraction of sp³-hybridized carbons (Fsp3) is 0.909. The minimum Gasteiger partial charge on any atom is -0.444 e. The molecule has 0 aliphatic carbocycles. The van der Waals surface area contributed by atoms with Crippen molar-refractivity contribution in [3.8, 4) is 0 Å². The lowest BCUT2D eigenvalue weighted by atomic mass is 10.1. The smallest absolute Gasteiger partial charge is 0.410 e. The third kappa shape index (κ3) is 4.37. The monoisotopic (exact) mass is 229 g/mol. The highest BCUT2D eigenvalue weighted by atomic mass is 16.6. The maximum absolute atomic E-state index is 11.8. The van der Waals surface area contributed by atoms with Crippen molar-refractivity contribution in [3.63, 3.8) is 0 Å². The molecule has 1 heterocycles. The molecule has 1 atom stereocenters. The minimum absolute atomic E-state index is 0.226. The second-order valence-corrected chi connectivity index (χ2v) is 5.15. The maximum atomic E-state index is 11.8. The number of amides is 1. The molecular formula is C11H23N3O2. The Kier molecular flexibility index (Phi) is 4.56. The van der Waals surface area contributed by atoms with Crippen LogP contribution >= 0.6 is 0 Å². The summed E-state index contributed by atoms with van der Waals surface area (Å²) in [4.78, 5) is 13.6. The Bertz CT molecular complexity index is 236. The van der Waals surface area contributed by atoms with Crippen LogP contribution in [0.2, 0.25) is 0 Å². The van der Waals surface area contributed by atoms with Gasteiger partial charge in [0.2, 0.25) is 0 Å². The maximum Gasteiger partial charge on any atom is 0.410 e. The minimum atomic E-state index is -0.425. The Balaban J connectivity index is 2.44. The number of carbonyl (C=O) groups excluding carboxylic acids is 1.